The van der Waals surface area contributed by atoms with E-state index in [0.29, 0.717) is 18.4 Å². The highest BCUT2D eigenvalue weighted by Gasteiger charge is 2.38. The molecule has 0 radical (unpaired) electrons. The van der Waals surface area contributed by atoms with Crippen molar-refractivity contribution in [2.75, 3.05) is 0 Å². The number of aliphatic carboxylic acids is 1. The monoisotopic (exact) mass is 210 g/mol. The maximum absolute atomic E-state index is 10.7. The number of hydrogen-bond donors (Lipinski definition) is 1. The average Bonchev–Trinajstić information content (AvgIpc) is 2.73. The maximum Gasteiger partial charge on any atom is 0.308 e. The highest BCUT2D eigenvalue weighted by Crippen LogP contribution is 2.45. The zero-order valence-electron chi connectivity index (χ0n) is 8.79. The van der Waals surface area contributed by atoms with Crippen LogP contribution in [0.4, 0.5) is 0 Å². The number of aromatic nitrogens is 4. The van der Waals surface area contributed by atoms with E-state index >= 15 is 0 Å². The summed E-state index contributed by atoms with van der Waals surface area (Å²) in [6.45, 7) is 4.15. The van der Waals surface area contributed by atoms with Gasteiger partial charge in [-0.15, -0.1) is 5.10 Å². The predicted octanol–water partition coefficient (Wildman–Crippen LogP) is 0.517. The minimum Gasteiger partial charge on any atom is -0.481 e. The van der Waals surface area contributed by atoms with Crippen molar-refractivity contribution >= 4 is 5.97 Å². The lowest BCUT2D eigenvalue weighted by Gasteiger charge is -2.07. The lowest BCUT2D eigenvalue weighted by molar-refractivity contribution is -0.141. The smallest absolute Gasteiger partial charge is 0.308 e. The summed E-state index contributed by atoms with van der Waals surface area (Å²) in [6.07, 6.45) is 1.10. The molecular weight excluding hydrogens is 196 g/mol. The third-order valence-corrected chi connectivity index (χ3v) is 2.87. The van der Waals surface area contributed by atoms with Gasteiger partial charge in [-0.25, -0.2) is 4.68 Å². The summed E-state index contributed by atoms with van der Waals surface area (Å²) >= 11 is 0. The number of carboxylic acids is 1. The van der Waals surface area contributed by atoms with E-state index in [9.17, 15) is 4.79 Å². The Labute approximate surface area is 87.3 Å². The predicted molar refractivity (Wildman–Crippen MR) is 51.1 cm³/mol. The van der Waals surface area contributed by atoms with Crippen LogP contribution in [0.3, 0.4) is 0 Å². The number of tetrazole rings is 1. The number of rotatable bonds is 4. The Morgan fingerprint density at radius 3 is 2.93 bits per heavy atom. The van der Waals surface area contributed by atoms with Crippen molar-refractivity contribution in [3.05, 3.63) is 5.82 Å². The number of nitrogens with zero attached hydrogens (tertiary/aromatic N) is 4. The van der Waals surface area contributed by atoms with Crippen LogP contribution in [-0.4, -0.2) is 31.3 Å². The van der Waals surface area contributed by atoms with Gasteiger partial charge in [-0.2, -0.15) is 0 Å². The van der Waals surface area contributed by atoms with Gasteiger partial charge < -0.3 is 5.11 Å². The van der Waals surface area contributed by atoms with Gasteiger partial charge in [0.2, 0.25) is 0 Å². The second-order valence-electron chi connectivity index (χ2n) is 4.28. The summed E-state index contributed by atoms with van der Waals surface area (Å²) in [4.78, 5) is 10.7. The zero-order valence-corrected chi connectivity index (χ0v) is 8.79. The summed E-state index contributed by atoms with van der Waals surface area (Å²) in [7, 11) is 0. The van der Waals surface area contributed by atoms with Crippen molar-refractivity contribution in [2.24, 2.45) is 11.8 Å². The largest absolute Gasteiger partial charge is 0.481 e. The first-order valence-corrected chi connectivity index (χ1v) is 5.08. The molecule has 1 aliphatic rings. The molecule has 0 aromatic carbocycles. The molecule has 1 saturated carbocycles. The molecule has 3 unspecified atom stereocenters. The Balaban J connectivity index is 2.08. The van der Waals surface area contributed by atoms with Gasteiger partial charge in [0.15, 0.2) is 5.82 Å². The van der Waals surface area contributed by atoms with Crippen LogP contribution in [0.25, 0.3) is 0 Å². The van der Waals surface area contributed by atoms with Gasteiger partial charge in [-0.1, -0.05) is 13.8 Å². The van der Waals surface area contributed by atoms with Crippen LogP contribution >= 0.6 is 0 Å². The molecule has 1 heterocycles. The average molecular weight is 210 g/mol. The van der Waals surface area contributed by atoms with E-state index in [1.165, 1.54) is 0 Å². The molecule has 1 fully saturated rings. The first-order chi connectivity index (χ1) is 7.09. The molecule has 15 heavy (non-hydrogen) atoms. The second kappa shape index (κ2) is 3.60. The Kier molecular flexibility index (Phi) is 2.42. The van der Waals surface area contributed by atoms with Gasteiger partial charge in [-0.3, -0.25) is 4.79 Å². The molecule has 1 N–H and O–H groups in total. The summed E-state index contributed by atoms with van der Waals surface area (Å²) in [5, 5.41) is 20.2. The van der Waals surface area contributed by atoms with Crippen molar-refractivity contribution in [3.8, 4) is 0 Å². The standard InChI is InChI=1S/C9H14N4O2/c1-5-3-7(5)8-10-11-12-13(8)4-6(2)9(14)15/h5-7H,3-4H2,1-2H3,(H,14,15). The SMILES string of the molecule is CC(Cn1nnnc1C1CC1C)C(=O)O. The topological polar surface area (TPSA) is 80.9 Å². The zero-order chi connectivity index (χ0) is 11.0. The Bertz CT molecular complexity index is 376. The van der Waals surface area contributed by atoms with E-state index in [1.807, 2.05) is 0 Å². The van der Waals surface area contributed by atoms with Crippen LogP contribution < -0.4 is 0 Å². The van der Waals surface area contributed by atoms with E-state index in [2.05, 4.69) is 22.4 Å². The number of carboxylic acid groups (broad SMARTS) is 1. The summed E-state index contributed by atoms with van der Waals surface area (Å²) in [6, 6.07) is 0. The third-order valence-electron chi connectivity index (χ3n) is 2.87. The van der Waals surface area contributed by atoms with E-state index in [1.54, 1.807) is 11.6 Å². The van der Waals surface area contributed by atoms with Crippen LogP contribution in [-0.2, 0) is 11.3 Å². The van der Waals surface area contributed by atoms with Gasteiger partial charge in [-0.05, 0) is 22.8 Å². The molecule has 6 nitrogen and oxygen atoms in total. The van der Waals surface area contributed by atoms with E-state index in [4.69, 9.17) is 5.11 Å². The Morgan fingerprint density at radius 1 is 1.73 bits per heavy atom. The van der Waals surface area contributed by atoms with Gasteiger partial charge in [0.05, 0.1) is 12.5 Å². The molecule has 0 bridgehead atoms. The fourth-order valence-corrected chi connectivity index (χ4v) is 1.63. The molecule has 3 atom stereocenters. The van der Waals surface area contributed by atoms with Crippen LogP contribution in [0.2, 0.25) is 0 Å². The van der Waals surface area contributed by atoms with Gasteiger partial charge in [0.1, 0.15) is 0 Å². The summed E-state index contributed by atoms with van der Waals surface area (Å²) in [5.74, 6) is 0.591. The fraction of sp³-hybridized carbons (Fsp3) is 0.778. The lowest BCUT2D eigenvalue weighted by Crippen LogP contribution is -2.19. The van der Waals surface area contributed by atoms with Crippen LogP contribution in [0, 0.1) is 11.8 Å². The molecule has 2 rings (SSSR count). The minimum absolute atomic E-state index is 0.348. The summed E-state index contributed by atoms with van der Waals surface area (Å²) < 4.78 is 1.62. The number of hydrogen-bond acceptors (Lipinski definition) is 4. The normalized spacial score (nSPS) is 26.3. The molecule has 82 valence electrons. The third kappa shape index (κ3) is 1.98. The number of carbonyl (C=O) groups is 1. The maximum atomic E-state index is 10.7. The van der Waals surface area contributed by atoms with E-state index in [-0.39, 0.29) is 0 Å². The first-order valence-electron chi connectivity index (χ1n) is 5.08. The van der Waals surface area contributed by atoms with E-state index < -0.39 is 11.9 Å². The Hall–Kier alpha value is -1.46. The molecule has 0 spiro atoms. The first kappa shape index (κ1) is 10.1. The second-order valence-corrected chi connectivity index (χ2v) is 4.28. The molecular formula is C9H14N4O2. The van der Waals surface area contributed by atoms with Crippen molar-refractivity contribution < 1.29 is 9.90 Å². The van der Waals surface area contributed by atoms with Gasteiger partial charge >= 0.3 is 5.97 Å². The lowest BCUT2D eigenvalue weighted by atomic mass is 10.2. The highest BCUT2D eigenvalue weighted by molar-refractivity contribution is 5.69. The molecule has 0 aliphatic heterocycles. The van der Waals surface area contributed by atoms with Crippen molar-refractivity contribution in [1.82, 2.24) is 20.2 Å². The molecule has 0 amide bonds. The fourth-order valence-electron chi connectivity index (χ4n) is 1.63. The van der Waals surface area contributed by atoms with Crippen LogP contribution in [0.15, 0.2) is 0 Å². The summed E-state index contributed by atoms with van der Waals surface area (Å²) in [5.41, 5.74) is 0. The molecule has 6 heteroatoms. The molecule has 1 aromatic heterocycles. The van der Waals surface area contributed by atoms with E-state index in [0.717, 1.165) is 12.2 Å². The van der Waals surface area contributed by atoms with Crippen LogP contribution in [0.5, 0.6) is 0 Å². The highest BCUT2D eigenvalue weighted by atomic mass is 16.4. The Morgan fingerprint density at radius 2 is 2.40 bits per heavy atom. The van der Waals surface area contributed by atoms with Crippen LogP contribution in [0.1, 0.15) is 32.0 Å². The van der Waals surface area contributed by atoms with Crippen molar-refractivity contribution in [3.63, 3.8) is 0 Å². The van der Waals surface area contributed by atoms with Crippen molar-refractivity contribution in [2.45, 2.75) is 32.7 Å². The molecule has 1 aliphatic carbocycles. The van der Waals surface area contributed by atoms with Gasteiger partial charge in [0.25, 0.3) is 0 Å². The van der Waals surface area contributed by atoms with Gasteiger partial charge in [0, 0.05) is 5.92 Å². The quantitative estimate of drug-likeness (QED) is 0.783. The molecule has 0 saturated heterocycles. The minimum atomic E-state index is -0.819. The molecule has 1 aromatic rings. The van der Waals surface area contributed by atoms with Crippen molar-refractivity contribution in [1.29, 1.82) is 0 Å².